The Morgan fingerprint density at radius 3 is 2.95 bits per heavy atom. The van der Waals surface area contributed by atoms with Crippen LogP contribution in [0.5, 0.6) is 0 Å². The zero-order chi connectivity index (χ0) is 14.1. The molecule has 20 heavy (non-hydrogen) atoms. The molecule has 0 spiro atoms. The average Bonchev–Trinajstić information content (AvgIpc) is 2.84. The molecule has 1 aromatic carbocycles. The molecule has 0 fully saturated rings. The Balaban J connectivity index is 2.08. The lowest BCUT2D eigenvalue weighted by atomic mass is 10.00. The van der Waals surface area contributed by atoms with Crippen LogP contribution in [0.15, 0.2) is 24.5 Å². The van der Waals surface area contributed by atoms with Crippen molar-refractivity contribution in [2.75, 3.05) is 0 Å². The van der Waals surface area contributed by atoms with Gasteiger partial charge in [-0.1, -0.05) is 17.7 Å². The molecule has 0 bridgehead atoms. The van der Waals surface area contributed by atoms with Gasteiger partial charge >= 0.3 is 0 Å². The summed E-state index contributed by atoms with van der Waals surface area (Å²) in [5, 5.41) is 0.756. The minimum absolute atomic E-state index is 0.134. The quantitative estimate of drug-likeness (QED) is 0.942. The van der Waals surface area contributed by atoms with Crippen LogP contribution in [0.4, 0.5) is 0 Å². The number of hydrogen-bond donors (Lipinski definition) is 1. The van der Waals surface area contributed by atoms with Crippen molar-refractivity contribution in [3.8, 4) is 5.69 Å². The summed E-state index contributed by atoms with van der Waals surface area (Å²) in [4.78, 5) is 4.57. The molecule has 0 radical (unpaired) electrons. The Morgan fingerprint density at radius 2 is 2.15 bits per heavy atom. The molecule has 1 aliphatic carbocycles. The van der Waals surface area contributed by atoms with Gasteiger partial charge in [0.1, 0.15) is 0 Å². The topological polar surface area (TPSA) is 43.8 Å². The Bertz CT molecular complexity index is 616. The third kappa shape index (κ3) is 2.60. The second-order valence-corrected chi connectivity index (χ2v) is 6.11. The molecule has 3 nitrogen and oxygen atoms in total. The largest absolute Gasteiger partial charge is 0.328 e. The van der Waals surface area contributed by atoms with Crippen LogP contribution in [-0.2, 0) is 19.3 Å². The lowest BCUT2D eigenvalue weighted by molar-refractivity contribution is 0.654. The van der Waals surface area contributed by atoms with Crippen molar-refractivity contribution in [3.05, 3.63) is 46.5 Å². The van der Waals surface area contributed by atoms with Gasteiger partial charge in [-0.3, -0.25) is 0 Å². The van der Waals surface area contributed by atoms with Crippen molar-refractivity contribution in [1.82, 2.24) is 9.55 Å². The molecule has 0 aliphatic heterocycles. The predicted octanol–water partition coefficient (Wildman–Crippen LogP) is 3.29. The highest BCUT2D eigenvalue weighted by atomic mass is 35.5. The maximum atomic E-state index is 6.19. The number of nitrogens with two attached hydrogens (primary N) is 1. The monoisotopic (exact) mass is 289 g/mol. The summed E-state index contributed by atoms with van der Waals surface area (Å²) in [7, 11) is 0. The van der Waals surface area contributed by atoms with E-state index in [-0.39, 0.29) is 6.04 Å². The fourth-order valence-electron chi connectivity index (χ4n) is 2.96. The Kier molecular flexibility index (Phi) is 3.81. The van der Waals surface area contributed by atoms with E-state index in [9.17, 15) is 0 Å². The first-order valence-corrected chi connectivity index (χ1v) is 7.62. The van der Waals surface area contributed by atoms with Crippen molar-refractivity contribution in [1.29, 1.82) is 0 Å². The zero-order valence-corrected chi connectivity index (χ0v) is 12.5. The van der Waals surface area contributed by atoms with Crippen LogP contribution in [0.3, 0.4) is 0 Å². The highest BCUT2D eigenvalue weighted by Gasteiger charge is 2.18. The van der Waals surface area contributed by atoms with Gasteiger partial charge < -0.3 is 10.3 Å². The number of fused-ring (bicyclic) bond motifs is 1. The van der Waals surface area contributed by atoms with E-state index in [1.807, 2.05) is 25.4 Å². The molecule has 0 saturated heterocycles. The van der Waals surface area contributed by atoms with E-state index in [0.29, 0.717) is 0 Å². The van der Waals surface area contributed by atoms with E-state index < -0.39 is 0 Å². The fraction of sp³-hybridized carbons (Fsp3) is 0.438. The van der Waals surface area contributed by atoms with Gasteiger partial charge in [-0.2, -0.15) is 0 Å². The highest BCUT2D eigenvalue weighted by Crippen LogP contribution is 2.27. The molecule has 106 valence electrons. The molecule has 1 aliphatic rings. The van der Waals surface area contributed by atoms with Crippen LogP contribution < -0.4 is 5.73 Å². The van der Waals surface area contributed by atoms with Crippen molar-refractivity contribution >= 4 is 11.6 Å². The van der Waals surface area contributed by atoms with Gasteiger partial charge in [-0.15, -0.1) is 0 Å². The summed E-state index contributed by atoms with van der Waals surface area (Å²) < 4.78 is 2.21. The average molecular weight is 290 g/mol. The second kappa shape index (κ2) is 5.58. The molecule has 1 heterocycles. The summed E-state index contributed by atoms with van der Waals surface area (Å²) >= 11 is 6.19. The summed E-state index contributed by atoms with van der Waals surface area (Å²) in [6, 6.07) is 6.17. The Hall–Kier alpha value is -1.32. The maximum absolute atomic E-state index is 6.19. The molecular formula is C16H20ClN3. The number of hydrogen-bond acceptors (Lipinski definition) is 2. The molecule has 0 amide bonds. The van der Waals surface area contributed by atoms with E-state index in [1.165, 1.54) is 29.8 Å². The number of imidazole rings is 1. The predicted molar refractivity (Wildman–Crippen MR) is 82.6 cm³/mol. The SMILES string of the molecule is CC(N)Cc1ccc(Cl)cc1-n1cnc2c1CCCC2. The van der Waals surface area contributed by atoms with Crippen LogP contribution in [-0.4, -0.2) is 15.6 Å². The van der Waals surface area contributed by atoms with Crippen molar-refractivity contribution in [3.63, 3.8) is 0 Å². The third-order valence-electron chi connectivity index (χ3n) is 3.88. The van der Waals surface area contributed by atoms with Crippen LogP contribution >= 0.6 is 11.6 Å². The standard InChI is InChI=1S/C16H20ClN3/c1-11(18)8-12-6-7-13(17)9-16(12)20-10-19-14-4-2-3-5-15(14)20/h6-7,9-11H,2-5,8,18H2,1H3. The minimum atomic E-state index is 0.134. The van der Waals surface area contributed by atoms with Gasteiger partial charge in [0.2, 0.25) is 0 Å². The number of rotatable bonds is 3. The van der Waals surface area contributed by atoms with Gasteiger partial charge in [0.15, 0.2) is 0 Å². The van der Waals surface area contributed by atoms with E-state index in [0.717, 1.165) is 30.0 Å². The summed E-state index contributed by atoms with van der Waals surface area (Å²) in [5.41, 5.74) is 10.9. The molecule has 2 aromatic rings. The molecule has 1 aromatic heterocycles. The smallest absolute Gasteiger partial charge is 0.0997 e. The number of nitrogens with zero attached hydrogens (tertiary/aromatic N) is 2. The Labute approximate surface area is 124 Å². The number of aryl methyl sites for hydroxylation is 1. The normalized spacial score (nSPS) is 15.9. The number of aromatic nitrogens is 2. The minimum Gasteiger partial charge on any atom is -0.328 e. The second-order valence-electron chi connectivity index (χ2n) is 5.67. The molecular weight excluding hydrogens is 270 g/mol. The summed E-state index contributed by atoms with van der Waals surface area (Å²) in [5.74, 6) is 0. The number of benzene rings is 1. The van der Waals surface area contributed by atoms with Crippen LogP contribution in [0.25, 0.3) is 5.69 Å². The fourth-order valence-corrected chi connectivity index (χ4v) is 3.12. The molecule has 0 saturated carbocycles. The molecule has 1 unspecified atom stereocenters. The summed E-state index contributed by atoms with van der Waals surface area (Å²) in [6.45, 7) is 2.03. The van der Waals surface area contributed by atoms with Gasteiger partial charge in [-0.25, -0.2) is 4.98 Å². The Morgan fingerprint density at radius 1 is 1.35 bits per heavy atom. The van der Waals surface area contributed by atoms with Crippen LogP contribution in [0, 0.1) is 0 Å². The number of halogens is 1. The van der Waals surface area contributed by atoms with E-state index in [2.05, 4.69) is 15.6 Å². The molecule has 4 heteroatoms. The molecule has 2 N–H and O–H groups in total. The van der Waals surface area contributed by atoms with E-state index in [4.69, 9.17) is 17.3 Å². The molecule has 1 atom stereocenters. The first kappa shape index (κ1) is 13.7. The third-order valence-corrected chi connectivity index (χ3v) is 4.11. The maximum Gasteiger partial charge on any atom is 0.0997 e. The summed E-state index contributed by atoms with van der Waals surface area (Å²) in [6.07, 6.45) is 7.45. The first-order chi connectivity index (χ1) is 9.65. The van der Waals surface area contributed by atoms with E-state index >= 15 is 0 Å². The highest BCUT2D eigenvalue weighted by molar-refractivity contribution is 6.30. The van der Waals surface area contributed by atoms with Gasteiger partial charge in [0.05, 0.1) is 17.7 Å². The van der Waals surface area contributed by atoms with E-state index in [1.54, 1.807) is 0 Å². The van der Waals surface area contributed by atoms with Crippen molar-refractivity contribution in [2.24, 2.45) is 5.73 Å². The lowest BCUT2D eigenvalue weighted by Crippen LogP contribution is -2.19. The lowest BCUT2D eigenvalue weighted by Gasteiger charge is -2.18. The van der Waals surface area contributed by atoms with Crippen molar-refractivity contribution < 1.29 is 0 Å². The first-order valence-electron chi connectivity index (χ1n) is 7.24. The molecule has 3 rings (SSSR count). The van der Waals surface area contributed by atoms with Gasteiger partial charge in [0, 0.05) is 16.8 Å². The zero-order valence-electron chi connectivity index (χ0n) is 11.8. The van der Waals surface area contributed by atoms with Crippen LogP contribution in [0.1, 0.15) is 36.7 Å². The van der Waals surface area contributed by atoms with Crippen molar-refractivity contribution in [2.45, 2.75) is 45.1 Å². The van der Waals surface area contributed by atoms with Crippen LogP contribution in [0.2, 0.25) is 5.02 Å². The van der Waals surface area contributed by atoms with Gasteiger partial charge in [0.25, 0.3) is 0 Å². The van der Waals surface area contributed by atoms with Gasteiger partial charge in [-0.05, 0) is 56.7 Å².